The Bertz CT molecular complexity index is 1290. The lowest BCUT2D eigenvalue weighted by Crippen LogP contribution is -2.67. The van der Waals surface area contributed by atoms with E-state index >= 15 is 0 Å². The molecule has 0 spiro atoms. The molecule has 2 aromatic heterocycles. The molecule has 2 atom stereocenters. The van der Waals surface area contributed by atoms with Crippen molar-refractivity contribution < 1.29 is 8.98 Å². The monoisotopic (exact) mass is 422 g/mol. The van der Waals surface area contributed by atoms with Gasteiger partial charge in [0.25, 0.3) is 0 Å². The molecule has 0 saturated carbocycles. The molecular weight excluding hydrogens is 394 g/mol. The molecule has 32 heavy (non-hydrogen) atoms. The van der Waals surface area contributed by atoms with Gasteiger partial charge in [-0.3, -0.25) is 0 Å². The number of fused-ring (bicyclic) bond motifs is 3. The minimum Gasteiger partial charge on any atom is -0.416 e. The summed E-state index contributed by atoms with van der Waals surface area (Å²) >= 11 is 0. The zero-order valence-corrected chi connectivity index (χ0v) is 18.9. The molecule has 0 saturated heterocycles. The Morgan fingerprint density at radius 2 is 1.66 bits per heavy atom. The maximum Gasteiger partial charge on any atom is 0.248 e. The molecule has 0 bridgehead atoms. The molecule has 4 nitrogen and oxygen atoms in total. The zero-order valence-electron chi connectivity index (χ0n) is 18.9. The molecule has 1 aliphatic rings. The van der Waals surface area contributed by atoms with Crippen molar-refractivity contribution in [2.45, 2.75) is 44.6 Å². The van der Waals surface area contributed by atoms with Gasteiger partial charge in [-0.2, -0.15) is 4.57 Å². The first-order chi connectivity index (χ1) is 15.5. The van der Waals surface area contributed by atoms with E-state index in [0.29, 0.717) is 11.8 Å². The molecule has 0 N–H and O–H groups in total. The van der Waals surface area contributed by atoms with E-state index in [1.165, 1.54) is 16.8 Å². The normalized spacial score (nSPS) is 21.6. The van der Waals surface area contributed by atoms with Crippen LogP contribution in [0.1, 0.15) is 39.2 Å². The van der Waals surface area contributed by atoms with Gasteiger partial charge in [0.15, 0.2) is 11.7 Å². The highest BCUT2D eigenvalue weighted by Gasteiger charge is 2.56. The van der Waals surface area contributed by atoms with Crippen LogP contribution >= 0.6 is 0 Å². The average Bonchev–Trinajstić information content (AvgIpc) is 3.34. The zero-order chi connectivity index (χ0) is 22.3. The van der Waals surface area contributed by atoms with E-state index in [1.807, 2.05) is 36.4 Å². The molecule has 0 aliphatic carbocycles. The quantitative estimate of drug-likeness (QED) is 0.279. The predicted molar refractivity (Wildman–Crippen MR) is 127 cm³/mol. The van der Waals surface area contributed by atoms with Crippen molar-refractivity contribution in [3.63, 3.8) is 0 Å². The van der Waals surface area contributed by atoms with E-state index in [4.69, 9.17) is 4.42 Å². The van der Waals surface area contributed by atoms with Crippen LogP contribution in [0, 0.1) is 0 Å². The second-order valence-corrected chi connectivity index (χ2v) is 8.95. The molecule has 2 aromatic carbocycles. The third-order valence-corrected chi connectivity index (χ3v) is 7.40. The Balaban J connectivity index is 1.68. The molecular formula is C28H28N3O+. The predicted octanol–water partition coefficient (Wildman–Crippen LogP) is 6.33. The molecule has 5 rings (SSSR count). The van der Waals surface area contributed by atoms with Gasteiger partial charge in [0.1, 0.15) is 0 Å². The van der Waals surface area contributed by atoms with Crippen molar-refractivity contribution in [3.05, 3.63) is 91.1 Å². The summed E-state index contributed by atoms with van der Waals surface area (Å²) in [6, 6.07) is 22.8. The van der Waals surface area contributed by atoms with E-state index in [9.17, 15) is 0 Å². The first-order valence-electron chi connectivity index (χ1n) is 11.2. The van der Waals surface area contributed by atoms with Gasteiger partial charge in [-0.15, -0.1) is 16.8 Å². The van der Waals surface area contributed by atoms with Gasteiger partial charge >= 0.3 is 0 Å². The second-order valence-electron chi connectivity index (χ2n) is 8.95. The van der Waals surface area contributed by atoms with Crippen LogP contribution in [-0.4, -0.2) is 10.2 Å². The molecule has 0 amide bonds. The van der Waals surface area contributed by atoms with Crippen molar-refractivity contribution in [1.29, 1.82) is 0 Å². The lowest BCUT2D eigenvalue weighted by atomic mass is 9.60. The van der Waals surface area contributed by atoms with Gasteiger partial charge in [-0.25, -0.2) is 0 Å². The Hall–Kier alpha value is -3.53. The van der Waals surface area contributed by atoms with Crippen molar-refractivity contribution >= 4 is 0 Å². The fraction of sp³-hybridized carbons (Fsp3) is 0.250. The highest BCUT2D eigenvalue weighted by atomic mass is 16.4. The summed E-state index contributed by atoms with van der Waals surface area (Å²) in [5.74, 6) is 1.06. The van der Waals surface area contributed by atoms with Crippen LogP contribution in [0.3, 0.4) is 0 Å². The van der Waals surface area contributed by atoms with Gasteiger partial charge in [-0.1, -0.05) is 37.3 Å². The van der Waals surface area contributed by atoms with Crippen LogP contribution in [0.2, 0.25) is 0 Å². The third-order valence-electron chi connectivity index (χ3n) is 7.40. The van der Waals surface area contributed by atoms with E-state index in [2.05, 4.69) is 84.7 Å². The fourth-order valence-corrected chi connectivity index (χ4v) is 5.24. The molecule has 0 radical (unpaired) electrons. The molecule has 3 heterocycles. The van der Waals surface area contributed by atoms with Crippen LogP contribution < -0.4 is 4.57 Å². The lowest BCUT2D eigenvalue weighted by Gasteiger charge is -2.46. The van der Waals surface area contributed by atoms with Crippen molar-refractivity contribution in [2.24, 2.45) is 0 Å². The summed E-state index contributed by atoms with van der Waals surface area (Å²) in [4.78, 5) is 0. The molecule has 4 heteroatoms. The van der Waals surface area contributed by atoms with Crippen LogP contribution in [0.25, 0.3) is 34.2 Å². The standard InChI is InChI=1S/C28H28N3O/c1-5-17-27(3)23-16-15-21(26-30-29-25(32-26)20-12-8-7-9-13-20)19-22(23)24-14-10-11-18-31(24)28(27,4)6-2/h5,7-16,18-19H,1,6,17H2,2-4H3/q+1. The summed E-state index contributed by atoms with van der Waals surface area (Å²) in [5.41, 5.74) is 5.42. The number of nitrogens with zero attached hydrogens (tertiary/aromatic N) is 3. The minimum atomic E-state index is -0.0968. The van der Waals surface area contributed by atoms with Crippen LogP contribution in [0.5, 0.6) is 0 Å². The summed E-state index contributed by atoms with van der Waals surface area (Å²) in [5, 5.41) is 8.62. The number of allylic oxidation sites excluding steroid dienone is 1. The van der Waals surface area contributed by atoms with E-state index in [-0.39, 0.29) is 11.0 Å². The second kappa shape index (κ2) is 7.56. The molecule has 0 fully saturated rings. The summed E-state index contributed by atoms with van der Waals surface area (Å²) < 4.78 is 8.49. The maximum absolute atomic E-state index is 6.05. The first kappa shape index (κ1) is 20.4. The van der Waals surface area contributed by atoms with Gasteiger partial charge < -0.3 is 4.42 Å². The minimum absolute atomic E-state index is 0.0722. The Kier molecular flexibility index (Phi) is 4.81. The average molecular weight is 423 g/mol. The number of aromatic nitrogens is 3. The highest BCUT2D eigenvalue weighted by molar-refractivity contribution is 5.72. The molecule has 4 aromatic rings. The van der Waals surface area contributed by atoms with Crippen LogP contribution in [-0.2, 0) is 11.0 Å². The molecule has 1 aliphatic heterocycles. The van der Waals surface area contributed by atoms with Gasteiger partial charge in [0, 0.05) is 36.6 Å². The number of pyridine rings is 1. The smallest absolute Gasteiger partial charge is 0.248 e. The number of hydrogen-bond acceptors (Lipinski definition) is 3. The summed E-state index contributed by atoms with van der Waals surface area (Å²) in [6.45, 7) is 11.1. The topological polar surface area (TPSA) is 42.8 Å². The third kappa shape index (κ3) is 2.86. The van der Waals surface area contributed by atoms with Crippen molar-refractivity contribution in [3.8, 4) is 34.2 Å². The Morgan fingerprint density at radius 1 is 0.938 bits per heavy atom. The van der Waals surface area contributed by atoms with Crippen LogP contribution in [0.4, 0.5) is 0 Å². The maximum atomic E-state index is 6.05. The fourth-order valence-electron chi connectivity index (χ4n) is 5.24. The lowest BCUT2D eigenvalue weighted by molar-refractivity contribution is -0.765. The largest absolute Gasteiger partial charge is 0.416 e. The number of hydrogen-bond donors (Lipinski definition) is 0. The van der Waals surface area contributed by atoms with Gasteiger partial charge in [-0.05, 0) is 49.2 Å². The van der Waals surface area contributed by atoms with E-state index in [1.54, 1.807) is 0 Å². The van der Waals surface area contributed by atoms with Gasteiger partial charge in [0.2, 0.25) is 17.5 Å². The Labute approximate surface area is 189 Å². The van der Waals surface area contributed by atoms with Crippen molar-refractivity contribution in [1.82, 2.24) is 10.2 Å². The van der Waals surface area contributed by atoms with E-state index in [0.717, 1.165) is 24.0 Å². The summed E-state index contributed by atoms with van der Waals surface area (Å²) in [7, 11) is 0. The van der Waals surface area contributed by atoms with Crippen LogP contribution in [0.15, 0.2) is 90.0 Å². The van der Waals surface area contributed by atoms with Gasteiger partial charge in [0.05, 0.1) is 11.0 Å². The van der Waals surface area contributed by atoms with Crippen molar-refractivity contribution in [2.75, 3.05) is 0 Å². The Morgan fingerprint density at radius 3 is 2.38 bits per heavy atom. The molecule has 2 unspecified atom stereocenters. The highest BCUT2D eigenvalue weighted by Crippen LogP contribution is 2.50. The SMILES string of the molecule is C=CCC1(C)c2ccc(-c3nnc(-c4ccccc4)o3)cc2-c2cccc[n+]2C1(C)CC. The number of benzene rings is 2. The van der Waals surface area contributed by atoms with E-state index < -0.39 is 0 Å². The summed E-state index contributed by atoms with van der Waals surface area (Å²) in [6.07, 6.45) is 6.16. The first-order valence-corrected chi connectivity index (χ1v) is 11.2. The number of rotatable bonds is 5. The molecule has 160 valence electrons.